The third-order valence-electron chi connectivity index (χ3n) is 7.10. The second-order valence-electron chi connectivity index (χ2n) is 9.00. The fourth-order valence-corrected chi connectivity index (χ4v) is 6.89. The van der Waals surface area contributed by atoms with Crippen molar-refractivity contribution in [2.24, 2.45) is 5.73 Å². The van der Waals surface area contributed by atoms with Crippen LogP contribution in [0.5, 0.6) is 5.75 Å². The minimum absolute atomic E-state index is 0.105. The predicted octanol–water partition coefficient (Wildman–Crippen LogP) is 3.56. The molecule has 6 nitrogen and oxygen atoms in total. The Balaban J connectivity index is 1.30. The summed E-state index contributed by atoms with van der Waals surface area (Å²) < 4.78 is 25.4. The number of aromatic nitrogens is 1. The first-order valence-electron chi connectivity index (χ1n) is 11.4. The number of primary amides is 1. The molecule has 0 bridgehead atoms. The van der Waals surface area contributed by atoms with Crippen molar-refractivity contribution in [3.05, 3.63) is 22.7 Å². The van der Waals surface area contributed by atoms with Crippen LogP contribution in [0.1, 0.15) is 54.9 Å². The molecule has 8 heteroatoms. The summed E-state index contributed by atoms with van der Waals surface area (Å²) in [5, 5.41) is 1.08. The molecule has 2 fully saturated rings. The second kappa shape index (κ2) is 9.00. The van der Waals surface area contributed by atoms with Crippen LogP contribution in [0.4, 0.5) is 4.39 Å². The number of ether oxygens (including phenoxy) is 2. The number of amides is 1. The van der Waals surface area contributed by atoms with E-state index in [1.807, 2.05) is 12.3 Å². The minimum Gasteiger partial charge on any atom is -0.490 e. The van der Waals surface area contributed by atoms with Crippen LogP contribution in [-0.4, -0.2) is 60.4 Å². The number of morpholine rings is 1. The first-order valence-corrected chi connectivity index (χ1v) is 12.2. The van der Waals surface area contributed by atoms with Gasteiger partial charge >= 0.3 is 0 Å². The molecule has 2 aromatic rings. The van der Waals surface area contributed by atoms with Gasteiger partial charge in [-0.25, -0.2) is 9.37 Å². The highest BCUT2D eigenvalue weighted by molar-refractivity contribution is 7.19. The molecule has 2 aromatic heterocycles. The van der Waals surface area contributed by atoms with Gasteiger partial charge in [-0.1, -0.05) is 0 Å². The third-order valence-corrected chi connectivity index (χ3v) is 8.27. The number of hydrogen-bond acceptors (Lipinski definition) is 6. The number of fused-ring (bicyclic) bond motifs is 3. The van der Waals surface area contributed by atoms with E-state index in [1.165, 1.54) is 10.4 Å². The van der Waals surface area contributed by atoms with Gasteiger partial charge in [0.25, 0.3) is 0 Å². The molecule has 2 atom stereocenters. The van der Waals surface area contributed by atoms with Gasteiger partial charge in [0.05, 0.1) is 30.7 Å². The first kappa shape index (κ1) is 21.1. The standard InChI is InChI=1S/C23H30FN3O3S/c24-12-16-13-29-10-9-27(16)15-2-4-17(5-3-15)30-18-7-8-26-23-22(18)21-14(11-20(25)28)1-6-19(21)31-23/h7-8,14-17H,1-6,9-13H2,(H2,25,28)/t14-,15-,16-,17-/m1/s1. The smallest absolute Gasteiger partial charge is 0.218 e. The topological polar surface area (TPSA) is 77.7 Å². The van der Waals surface area contributed by atoms with E-state index in [2.05, 4.69) is 9.88 Å². The summed E-state index contributed by atoms with van der Waals surface area (Å²) in [6.07, 6.45) is 8.25. The Hall–Kier alpha value is -1.77. The lowest BCUT2D eigenvalue weighted by atomic mass is 9.90. The maximum Gasteiger partial charge on any atom is 0.218 e. The maximum absolute atomic E-state index is 13.4. The summed E-state index contributed by atoms with van der Waals surface area (Å²) in [5.41, 5.74) is 6.74. The van der Waals surface area contributed by atoms with Crippen LogP contribution in [0.15, 0.2) is 12.3 Å². The number of halogens is 1. The van der Waals surface area contributed by atoms with Crippen LogP contribution in [0.2, 0.25) is 0 Å². The number of thiophene rings is 1. The van der Waals surface area contributed by atoms with E-state index in [-0.39, 0.29) is 30.6 Å². The Morgan fingerprint density at radius 1 is 1.32 bits per heavy atom. The molecular weight excluding hydrogens is 417 g/mol. The summed E-state index contributed by atoms with van der Waals surface area (Å²) >= 11 is 1.72. The number of rotatable bonds is 6. The number of nitrogens with two attached hydrogens (primary N) is 1. The van der Waals surface area contributed by atoms with Gasteiger partial charge in [-0.05, 0) is 56.1 Å². The van der Waals surface area contributed by atoms with E-state index in [1.54, 1.807) is 11.3 Å². The number of carbonyl (C=O) groups is 1. The van der Waals surface area contributed by atoms with Gasteiger partial charge in [0, 0.05) is 30.1 Å². The molecule has 1 saturated heterocycles. The van der Waals surface area contributed by atoms with Crippen LogP contribution in [0.3, 0.4) is 0 Å². The van der Waals surface area contributed by atoms with Crippen molar-refractivity contribution >= 4 is 27.5 Å². The molecule has 1 aliphatic heterocycles. The Labute approximate surface area is 185 Å². The number of nitrogens with zero attached hydrogens (tertiary/aromatic N) is 2. The molecular formula is C23H30FN3O3S. The first-order chi connectivity index (χ1) is 15.1. The Morgan fingerprint density at radius 3 is 2.94 bits per heavy atom. The zero-order valence-corrected chi connectivity index (χ0v) is 18.5. The van der Waals surface area contributed by atoms with Gasteiger partial charge in [-0.15, -0.1) is 11.3 Å². The third kappa shape index (κ3) is 4.17. The predicted molar refractivity (Wildman–Crippen MR) is 118 cm³/mol. The highest BCUT2D eigenvalue weighted by Gasteiger charge is 2.34. The van der Waals surface area contributed by atoms with E-state index < -0.39 is 0 Å². The lowest BCUT2D eigenvalue weighted by Gasteiger charge is -2.42. The lowest BCUT2D eigenvalue weighted by Crippen LogP contribution is -2.53. The second-order valence-corrected chi connectivity index (χ2v) is 10.1. The Kier molecular flexibility index (Phi) is 6.12. The van der Waals surface area contributed by atoms with E-state index in [0.717, 1.165) is 61.0 Å². The zero-order valence-electron chi connectivity index (χ0n) is 17.7. The molecule has 0 aromatic carbocycles. The largest absolute Gasteiger partial charge is 0.490 e. The van der Waals surface area contributed by atoms with Crippen LogP contribution >= 0.6 is 11.3 Å². The van der Waals surface area contributed by atoms with Gasteiger partial charge in [0.15, 0.2) is 0 Å². The van der Waals surface area contributed by atoms with Crippen LogP contribution in [0.25, 0.3) is 10.2 Å². The summed E-state index contributed by atoms with van der Waals surface area (Å²) in [6.45, 7) is 1.66. The molecule has 3 aliphatic rings. The van der Waals surface area contributed by atoms with Crippen molar-refractivity contribution in [2.75, 3.05) is 26.4 Å². The van der Waals surface area contributed by atoms with Crippen molar-refractivity contribution in [3.8, 4) is 5.75 Å². The van der Waals surface area contributed by atoms with Crippen molar-refractivity contribution < 1.29 is 18.7 Å². The summed E-state index contributed by atoms with van der Waals surface area (Å²) in [6, 6.07) is 2.27. The summed E-state index contributed by atoms with van der Waals surface area (Å²) in [7, 11) is 0. The van der Waals surface area contributed by atoms with Crippen LogP contribution in [0, 0.1) is 0 Å². The van der Waals surface area contributed by atoms with E-state index >= 15 is 0 Å². The van der Waals surface area contributed by atoms with Crippen molar-refractivity contribution in [3.63, 3.8) is 0 Å². The molecule has 1 amide bonds. The van der Waals surface area contributed by atoms with Gasteiger partial charge in [-0.3, -0.25) is 9.69 Å². The molecule has 5 rings (SSSR count). The van der Waals surface area contributed by atoms with Crippen molar-refractivity contribution in [2.45, 2.75) is 69.1 Å². The Morgan fingerprint density at radius 2 is 2.16 bits per heavy atom. The SMILES string of the molecule is NC(=O)C[C@H]1CCc2sc3nccc(O[C@H]4CC[C@H](N5CCOC[C@H]5CF)CC4)c3c21. The molecule has 0 spiro atoms. The normalized spacial score (nSPS) is 29.2. The van der Waals surface area contributed by atoms with E-state index in [0.29, 0.717) is 25.7 Å². The van der Waals surface area contributed by atoms with E-state index in [9.17, 15) is 9.18 Å². The molecule has 3 heterocycles. The quantitative estimate of drug-likeness (QED) is 0.733. The fourth-order valence-electron chi connectivity index (χ4n) is 5.63. The van der Waals surface area contributed by atoms with Crippen molar-refractivity contribution in [1.29, 1.82) is 0 Å². The number of alkyl halides is 1. The van der Waals surface area contributed by atoms with Crippen LogP contribution in [-0.2, 0) is 16.0 Å². The molecule has 0 unspecified atom stereocenters. The number of aryl methyl sites for hydroxylation is 1. The molecule has 2 aliphatic carbocycles. The van der Waals surface area contributed by atoms with Crippen molar-refractivity contribution in [1.82, 2.24) is 9.88 Å². The summed E-state index contributed by atoms with van der Waals surface area (Å²) in [4.78, 5) is 20.8. The highest BCUT2D eigenvalue weighted by atomic mass is 32.1. The van der Waals surface area contributed by atoms with Gasteiger partial charge in [0.1, 0.15) is 17.3 Å². The maximum atomic E-state index is 13.4. The van der Waals surface area contributed by atoms with E-state index in [4.69, 9.17) is 15.2 Å². The molecule has 2 N–H and O–H groups in total. The monoisotopic (exact) mass is 447 g/mol. The minimum atomic E-state index is -0.346. The fraction of sp³-hybridized carbons (Fsp3) is 0.652. The lowest BCUT2D eigenvalue weighted by molar-refractivity contribution is -0.118. The molecule has 168 valence electrons. The number of pyridine rings is 1. The number of hydrogen-bond donors (Lipinski definition) is 1. The van der Waals surface area contributed by atoms with Gasteiger partial charge < -0.3 is 15.2 Å². The summed E-state index contributed by atoms with van der Waals surface area (Å²) in [5.74, 6) is 0.800. The molecule has 1 saturated carbocycles. The average Bonchev–Trinajstić information content (AvgIpc) is 3.34. The zero-order chi connectivity index (χ0) is 21.4. The Bertz CT molecular complexity index is 944. The van der Waals surface area contributed by atoms with Gasteiger partial charge in [-0.2, -0.15) is 0 Å². The average molecular weight is 448 g/mol. The highest BCUT2D eigenvalue weighted by Crippen LogP contribution is 2.48. The molecule has 31 heavy (non-hydrogen) atoms. The van der Waals surface area contributed by atoms with Crippen LogP contribution < -0.4 is 10.5 Å². The number of carbonyl (C=O) groups excluding carboxylic acids is 1. The molecule has 0 radical (unpaired) electrons. The van der Waals surface area contributed by atoms with Gasteiger partial charge in [0.2, 0.25) is 5.91 Å².